The number of nitrogens with one attached hydrogen (secondary N) is 1. The number of carbonyl (C=O) groups is 1. The summed E-state index contributed by atoms with van der Waals surface area (Å²) in [5.41, 5.74) is 0.353. The van der Waals surface area contributed by atoms with E-state index in [1.54, 1.807) is 24.3 Å². The fraction of sp³-hybridized carbons (Fsp3) is 0.364. The van der Waals surface area contributed by atoms with E-state index in [-0.39, 0.29) is 12.0 Å². The van der Waals surface area contributed by atoms with Gasteiger partial charge in [0.05, 0.1) is 11.7 Å². The average molecular weight is 257 g/mol. The Labute approximate surface area is 102 Å². The number of benzene rings is 1. The molecule has 0 aromatic heterocycles. The van der Waals surface area contributed by atoms with Gasteiger partial charge in [-0.2, -0.15) is 0 Å². The molecule has 5 nitrogen and oxygen atoms in total. The number of rotatable bonds is 5. The van der Waals surface area contributed by atoms with Gasteiger partial charge >= 0.3 is 0 Å². The van der Waals surface area contributed by atoms with Crippen molar-refractivity contribution < 1.29 is 18.3 Å². The molecule has 94 valence electrons. The number of amides is 1. The standard InChI is InChI=1S/C11H15NO4S/c1-8(2)16-10-6-4-3-5-9(10)11(13)12-7-17(14)15/h3-6,8H,7H2,1-2H3,(H,12,13)(H,14,15). The van der Waals surface area contributed by atoms with Crippen LogP contribution in [0, 0.1) is 0 Å². The predicted octanol–water partition coefficient (Wildman–Crippen LogP) is 1.38. The number of ether oxygens (including phenoxy) is 1. The van der Waals surface area contributed by atoms with Crippen molar-refractivity contribution in [1.82, 2.24) is 5.32 Å². The van der Waals surface area contributed by atoms with Gasteiger partial charge in [-0.1, -0.05) is 12.1 Å². The highest BCUT2D eigenvalue weighted by Gasteiger charge is 2.12. The summed E-state index contributed by atoms with van der Waals surface area (Å²) in [4.78, 5) is 11.7. The van der Waals surface area contributed by atoms with E-state index in [9.17, 15) is 9.00 Å². The molecule has 1 unspecified atom stereocenters. The maximum atomic E-state index is 11.7. The molecule has 0 heterocycles. The highest BCUT2D eigenvalue weighted by Crippen LogP contribution is 2.19. The molecule has 17 heavy (non-hydrogen) atoms. The van der Waals surface area contributed by atoms with Gasteiger partial charge in [-0.05, 0) is 26.0 Å². The highest BCUT2D eigenvalue weighted by atomic mass is 32.2. The minimum absolute atomic E-state index is 0.0454. The van der Waals surface area contributed by atoms with Gasteiger partial charge in [0, 0.05) is 0 Å². The molecule has 0 radical (unpaired) electrons. The topological polar surface area (TPSA) is 75.6 Å². The summed E-state index contributed by atoms with van der Waals surface area (Å²) in [6.45, 7) is 3.72. The van der Waals surface area contributed by atoms with E-state index in [1.807, 2.05) is 13.8 Å². The first kappa shape index (κ1) is 13.7. The Hall–Kier alpha value is -1.40. The largest absolute Gasteiger partial charge is 0.490 e. The first-order chi connectivity index (χ1) is 8.00. The molecule has 0 aliphatic rings. The SMILES string of the molecule is CC(C)Oc1ccccc1C(=O)NCS(=O)O. The third-order valence-corrected chi connectivity index (χ3v) is 2.24. The van der Waals surface area contributed by atoms with Crippen LogP contribution in [-0.4, -0.2) is 26.6 Å². The maximum Gasteiger partial charge on any atom is 0.255 e. The lowest BCUT2D eigenvalue weighted by molar-refractivity contribution is 0.0954. The van der Waals surface area contributed by atoms with Crippen LogP contribution in [0.25, 0.3) is 0 Å². The lowest BCUT2D eigenvalue weighted by atomic mass is 10.2. The van der Waals surface area contributed by atoms with E-state index in [1.165, 1.54) is 0 Å². The molecule has 1 aromatic rings. The summed E-state index contributed by atoms with van der Waals surface area (Å²) >= 11 is -2.05. The van der Waals surface area contributed by atoms with Crippen molar-refractivity contribution in [2.75, 3.05) is 5.88 Å². The zero-order valence-electron chi connectivity index (χ0n) is 9.67. The van der Waals surface area contributed by atoms with Crippen molar-refractivity contribution in [2.24, 2.45) is 0 Å². The van der Waals surface area contributed by atoms with Crippen molar-refractivity contribution in [3.8, 4) is 5.75 Å². The van der Waals surface area contributed by atoms with Gasteiger partial charge in [0.15, 0.2) is 11.1 Å². The molecule has 0 fully saturated rings. The molecule has 1 rings (SSSR count). The van der Waals surface area contributed by atoms with E-state index < -0.39 is 17.0 Å². The normalized spacial score (nSPS) is 12.2. The summed E-state index contributed by atoms with van der Waals surface area (Å²) in [6.07, 6.45) is -0.0454. The molecule has 1 aromatic carbocycles. The second kappa shape index (κ2) is 6.36. The van der Waals surface area contributed by atoms with Crippen LogP contribution >= 0.6 is 0 Å². The van der Waals surface area contributed by atoms with Gasteiger partial charge in [0.1, 0.15) is 11.6 Å². The van der Waals surface area contributed by atoms with Gasteiger partial charge in [-0.15, -0.1) is 0 Å². The average Bonchev–Trinajstić information content (AvgIpc) is 2.25. The Morgan fingerprint density at radius 1 is 1.47 bits per heavy atom. The molecule has 0 spiro atoms. The van der Waals surface area contributed by atoms with Gasteiger partial charge in [-0.25, -0.2) is 4.21 Å². The molecule has 0 bridgehead atoms. The number of para-hydroxylation sites is 1. The van der Waals surface area contributed by atoms with Gasteiger partial charge < -0.3 is 14.6 Å². The van der Waals surface area contributed by atoms with E-state index in [2.05, 4.69) is 5.32 Å². The van der Waals surface area contributed by atoms with Crippen molar-refractivity contribution in [3.05, 3.63) is 29.8 Å². The number of hydrogen-bond donors (Lipinski definition) is 2. The third kappa shape index (κ3) is 4.54. The first-order valence-corrected chi connectivity index (χ1v) is 6.39. The predicted molar refractivity (Wildman–Crippen MR) is 65.3 cm³/mol. The van der Waals surface area contributed by atoms with E-state index >= 15 is 0 Å². The van der Waals surface area contributed by atoms with Crippen LogP contribution in [0.4, 0.5) is 0 Å². The zero-order valence-corrected chi connectivity index (χ0v) is 10.5. The van der Waals surface area contributed by atoms with Gasteiger partial charge in [-0.3, -0.25) is 4.79 Å². The zero-order chi connectivity index (χ0) is 12.8. The minimum atomic E-state index is -2.05. The fourth-order valence-corrected chi connectivity index (χ4v) is 1.49. The van der Waals surface area contributed by atoms with Crippen LogP contribution in [0.3, 0.4) is 0 Å². The van der Waals surface area contributed by atoms with E-state index in [4.69, 9.17) is 9.29 Å². The smallest absolute Gasteiger partial charge is 0.255 e. The summed E-state index contributed by atoms with van der Waals surface area (Å²) in [5.74, 6) is -0.262. The lowest BCUT2D eigenvalue weighted by Gasteiger charge is -2.13. The van der Waals surface area contributed by atoms with Crippen LogP contribution in [0.15, 0.2) is 24.3 Å². The second-order valence-corrected chi connectivity index (χ2v) is 4.57. The fourth-order valence-electron chi connectivity index (χ4n) is 1.23. The number of hydrogen-bond acceptors (Lipinski definition) is 3. The van der Waals surface area contributed by atoms with Crippen LogP contribution < -0.4 is 10.1 Å². The third-order valence-electron chi connectivity index (χ3n) is 1.85. The molecule has 1 amide bonds. The molecule has 6 heteroatoms. The molecule has 0 saturated heterocycles. The maximum absolute atomic E-state index is 11.7. The van der Waals surface area contributed by atoms with E-state index in [0.717, 1.165) is 0 Å². The molecule has 1 atom stereocenters. The van der Waals surface area contributed by atoms with Crippen LogP contribution in [0.1, 0.15) is 24.2 Å². The molecule has 0 aliphatic heterocycles. The summed E-state index contributed by atoms with van der Waals surface area (Å²) < 4.78 is 24.5. The Morgan fingerprint density at radius 2 is 2.12 bits per heavy atom. The van der Waals surface area contributed by atoms with Gasteiger partial charge in [0.25, 0.3) is 5.91 Å². The van der Waals surface area contributed by atoms with Crippen LogP contribution in [-0.2, 0) is 11.1 Å². The summed E-state index contributed by atoms with van der Waals surface area (Å²) in [5, 5.41) is 2.34. The molecule has 0 saturated carbocycles. The summed E-state index contributed by atoms with van der Waals surface area (Å²) in [7, 11) is 0. The minimum Gasteiger partial charge on any atom is -0.490 e. The van der Waals surface area contributed by atoms with Crippen molar-refractivity contribution in [3.63, 3.8) is 0 Å². The summed E-state index contributed by atoms with van der Waals surface area (Å²) in [6, 6.07) is 6.76. The Kier molecular flexibility index (Phi) is 5.11. The van der Waals surface area contributed by atoms with Crippen molar-refractivity contribution in [1.29, 1.82) is 0 Å². The Morgan fingerprint density at radius 3 is 2.71 bits per heavy atom. The molecule has 2 N–H and O–H groups in total. The van der Waals surface area contributed by atoms with Crippen molar-refractivity contribution >= 4 is 17.0 Å². The molecular formula is C11H15NO4S. The van der Waals surface area contributed by atoms with Crippen LogP contribution in [0.5, 0.6) is 5.75 Å². The highest BCUT2D eigenvalue weighted by molar-refractivity contribution is 7.79. The Balaban J connectivity index is 2.81. The lowest BCUT2D eigenvalue weighted by Crippen LogP contribution is -2.27. The Bertz CT molecular complexity index is 420. The quantitative estimate of drug-likeness (QED) is 0.781. The number of carbonyl (C=O) groups excluding carboxylic acids is 1. The monoisotopic (exact) mass is 257 g/mol. The molecular weight excluding hydrogens is 242 g/mol. The van der Waals surface area contributed by atoms with Crippen LogP contribution in [0.2, 0.25) is 0 Å². The van der Waals surface area contributed by atoms with Crippen molar-refractivity contribution in [2.45, 2.75) is 20.0 Å². The van der Waals surface area contributed by atoms with Gasteiger partial charge in [0.2, 0.25) is 0 Å². The second-order valence-electron chi connectivity index (χ2n) is 3.63. The molecule has 0 aliphatic carbocycles. The first-order valence-electron chi connectivity index (χ1n) is 5.12. The van der Waals surface area contributed by atoms with E-state index in [0.29, 0.717) is 11.3 Å².